The number of nitrogens with one attached hydrogen (secondary N) is 1. The number of aryl methyl sites for hydroxylation is 3. The van der Waals surface area contributed by atoms with E-state index in [0.29, 0.717) is 0 Å². The molecule has 19 heavy (non-hydrogen) atoms. The third kappa shape index (κ3) is 3.23. The van der Waals surface area contributed by atoms with Crippen molar-refractivity contribution in [1.29, 1.82) is 0 Å². The monoisotopic (exact) mass is 272 g/mol. The van der Waals surface area contributed by atoms with Gasteiger partial charge in [0, 0.05) is 18.0 Å². The molecule has 1 N–H and O–H groups in total. The number of hydrogen-bond acceptors (Lipinski definition) is 3. The lowest BCUT2D eigenvalue weighted by Gasteiger charge is -2.06. The Bertz CT molecular complexity index is 519. The predicted octanol–water partition coefficient (Wildman–Crippen LogP) is 3.62. The van der Waals surface area contributed by atoms with Crippen LogP contribution < -0.4 is 5.32 Å². The van der Waals surface area contributed by atoms with Gasteiger partial charge in [0.05, 0.1) is 5.69 Å². The van der Waals surface area contributed by atoms with E-state index in [1.165, 1.54) is 52.4 Å². The van der Waals surface area contributed by atoms with Crippen LogP contribution in [0.4, 0.5) is 0 Å². The van der Waals surface area contributed by atoms with Crippen molar-refractivity contribution in [1.82, 2.24) is 10.3 Å². The quantitative estimate of drug-likeness (QED) is 0.919. The number of aromatic nitrogens is 1. The molecule has 0 atom stereocenters. The molecule has 0 saturated heterocycles. The number of fused-ring (bicyclic) bond motifs is 1. The summed E-state index contributed by atoms with van der Waals surface area (Å²) in [6.07, 6.45) is 5.08. The van der Waals surface area contributed by atoms with Crippen LogP contribution in [0.2, 0.25) is 0 Å². The highest BCUT2D eigenvalue weighted by atomic mass is 32.1. The van der Waals surface area contributed by atoms with E-state index in [4.69, 9.17) is 4.98 Å². The maximum atomic E-state index is 4.75. The van der Waals surface area contributed by atoms with Crippen LogP contribution in [0, 0.1) is 6.92 Å². The molecule has 3 heteroatoms. The Morgan fingerprint density at radius 2 is 1.89 bits per heavy atom. The van der Waals surface area contributed by atoms with Gasteiger partial charge in [0.2, 0.25) is 0 Å². The van der Waals surface area contributed by atoms with Crippen molar-refractivity contribution in [3.63, 3.8) is 0 Å². The molecular formula is C16H20N2S. The van der Waals surface area contributed by atoms with Crippen molar-refractivity contribution in [3.8, 4) is 0 Å². The van der Waals surface area contributed by atoms with Crippen LogP contribution in [0.1, 0.15) is 39.5 Å². The van der Waals surface area contributed by atoms with Crippen LogP contribution in [-0.4, -0.2) is 4.98 Å². The van der Waals surface area contributed by atoms with Gasteiger partial charge in [0.15, 0.2) is 0 Å². The van der Waals surface area contributed by atoms with Crippen LogP contribution in [0.3, 0.4) is 0 Å². The van der Waals surface area contributed by atoms with Crippen LogP contribution in [0.25, 0.3) is 0 Å². The SMILES string of the molecule is Cc1ccc(CNCc2nc3c(s2)CCCC3)cc1. The Hall–Kier alpha value is -1.19. The smallest absolute Gasteiger partial charge is 0.107 e. The molecule has 0 unspecified atom stereocenters. The van der Waals surface area contributed by atoms with Crippen molar-refractivity contribution in [2.45, 2.75) is 45.7 Å². The molecule has 0 aliphatic heterocycles. The number of thiazole rings is 1. The van der Waals surface area contributed by atoms with Gasteiger partial charge in [-0.3, -0.25) is 0 Å². The van der Waals surface area contributed by atoms with Crippen LogP contribution >= 0.6 is 11.3 Å². The summed E-state index contributed by atoms with van der Waals surface area (Å²) >= 11 is 1.90. The normalized spacial score (nSPS) is 14.4. The lowest BCUT2D eigenvalue weighted by atomic mass is 10.0. The van der Waals surface area contributed by atoms with E-state index in [0.717, 1.165) is 13.1 Å². The minimum absolute atomic E-state index is 0.894. The van der Waals surface area contributed by atoms with Crippen LogP contribution in [-0.2, 0) is 25.9 Å². The van der Waals surface area contributed by atoms with E-state index in [1.807, 2.05) is 11.3 Å². The molecule has 0 bridgehead atoms. The molecule has 1 aromatic heterocycles. The van der Waals surface area contributed by atoms with Crippen LogP contribution in [0.5, 0.6) is 0 Å². The summed E-state index contributed by atoms with van der Waals surface area (Å²) in [7, 11) is 0. The first-order chi connectivity index (χ1) is 9.31. The summed E-state index contributed by atoms with van der Waals surface area (Å²) in [4.78, 5) is 6.28. The van der Waals surface area contributed by atoms with Gasteiger partial charge in [0.25, 0.3) is 0 Å². The van der Waals surface area contributed by atoms with Gasteiger partial charge in [-0.15, -0.1) is 11.3 Å². The molecule has 2 aromatic rings. The van der Waals surface area contributed by atoms with Crippen molar-refractivity contribution in [2.75, 3.05) is 0 Å². The Morgan fingerprint density at radius 1 is 1.11 bits per heavy atom. The summed E-state index contributed by atoms with van der Waals surface area (Å²) < 4.78 is 0. The van der Waals surface area contributed by atoms with E-state index in [-0.39, 0.29) is 0 Å². The van der Waals surface area contributed by atoms with Crippen molar-refractivity contribution < 1.29 is 0 Å². The van der Waals surface area contributed by atoms with E-state index < -0.39 is 0 Å². The highest BCUT2D eigenvalue weighted by Crippen LogP contribution is 2.26. The second-order valence-corrected chi connectivity index (χ2v) is 6.44. The fourth-order valence-electron chi connectivity index (χ4n) is 2.50. The summed E-state index contributed by atoms with van der Waals surface area (Å²) in [5.74, 6) is 0. The molecule has 1 aliphatic rings. The molecule has 0 saturated carbocycles. The maximum absolute atomic E-state index is 4.75. The lowest BCUT2D eigenvalue weighted by Crippen LogP contribution is -2.12. The molecule has 1 heterocycles. The highest BCUT2D eigenvalue weighted by Gasteiger charge is 2.14. The standard InChI is InChI=1S/C16H20N2S/c1-12-6-8-13(9-7-12)10-17-11-16-18-14-4-2-3-5-15(14)19-16/h6-9,17H,2-5,10-11H2,1H3. The Balaban J connectivity index is 1.54. The van der Waals surface area contributed by atoms with Gasteiger partial charge in [0.1, 0.15) is 5.01 Å². The average molecular weight is 272 g/mol. The number of nitrogens with zero attached hydrogens (tertiary/aromatic N) is 1. The lowest BCUT2D eigenvalue weighted by molar-refractivity contribution is 0.667. The molecule has 1 aliphatic carbocycles. The molecular weight excluding hydrogens is 252 g/mol. The van der Waals surface area contributed by atoms with E-state index >= 15 is 0 Å². The molecule has 0 radical (unpaired) electrons. The van der Waals surface area contributed by atoms with Crippen LogP contribution in [0.15, 0.2) is 24.3 Å². The summed E-state index contributed by atoms with van der Waals surface area (Å²) in [6, 6.07) is 8.71. The van der Waals surface area contributed by atoms with E-state index in [2.05, 4.69) is 36.5 Å². The largest absolute Gasteiger partial charge is 0.306 e. The molecule has 100 valence electrons. The van der Waals surface area contributed by atoms with Gasteiger partial charge < -0.3 is 5.32 Å². The minimum atomic E-state index is 0.894. The number of rotatable bonds is 4. The summed E-state index contributed by atoms with van der Waals surface area (Å²) in [6.45, 7) is 3.94. The fourth-order valence-corrected chi connectivity index (χ4v) is 3.63. The first kappa shape index (κ1) is 12.8. The van der Waals surface area contributed by atoms with E-state index in [9.17, 15) is 0 Å². The highest BCUT2D eigenvalue weighted by molar-refractivity contribution is 7.11. The minimum Gasteiger partial charge on any atom is -0.306 e. The van der Waals surface area contributed by atoms with Crippen molar-refractivity contribution >= 4 is 11.3 Å². The molecule has 3 rings (SSSR count). The average Bonchev–Trinajstić information content (AvgIpc) is 2.83. The zero-order chi connectivity index (χ0) is 13.1. The third-order valence-corrected chi connectivity index (χ3v) is 4.77. The van der Waals surface area contributed by atoms with Gasteiger partial charge in [-0.1, -0.05) is 29.8 Å². The zero-order valence-electron chi connectivity index (χ0n) is 11.4. The topological polar surface area (TPSA) is 24.9 Å². The Morgan fingerprint density at radius 3 is 2.68 bits per heavy atom. The maximum Gasteiger partial charge on any atom is 0.107 e. The van der Waals surface area contributed by atoms with Crippen molar-refractivity contribution in [2.24, 2.45) is 0 Å². The number of benzene rings is 1. The van der Waals surface area contributed by atoms with E-state index in [1.54, 1.807) is 0 Å². The molecule has 0 amide bonds. The van der Waals surface area contributed by atoms with Gasteiger partial charge in [-0.2, -0.15) is 0 Å². The zero-order valence-corrected chi connectivity index (χ0v) is 12.2. The van der Waals surface area contributed by atoms with Gasteiger partial charge in [-0.25, -0.2) is 4.98 Å². The Kier molecular flexibility index (Phi) is 3.95. The first-order valence-electron chi connectivity index (χ1n) is 7.05. The fraction of sp³-hybridized carbons (Fsp3) is 0.438. The summed E-state index contributed by atoms with van der Waals surface area (Å²) in [5.41, 5.74) is 4.02. The second kappa shape index (κ2) is 5.85. The molecule has 0 spiro atoms. The molecule has 0 fully saturated rings. The first-order valence-corrected chi connectivity index (χ1v) is 7.86. The summed E-state index contributed by atoms with van der Waals surface area (Å²) in [5, 5.41) is 4.74. The number of hydrogen-bond donors (Lipinski definition) is 1. The van der Waals surface area contributed by atoms with Gasteiger partial charge >= 0.3 is 0 Å². The molecule has 1 aromatic carbocycles. The van der Waals surface area contributed by atoms with Gasteiger partial charge in [-0.05, 0) is 38.2 Å². The predicted molar refractivity (Wildman–Crippen MR) is 80.5 cm³/mol. The van der Waals surface area contributed by atoms with Crippen molar-refractivity contribution in [3.05, 3.63) is 51.0 Å². The third-order valence-electron chi connectivity index (χ3n) is 3.62. The Labute approximate surface area is 118 Å². The molecule has 2 nitrogen and oxygen atoms in total. The second-order valence-electron chi connectivity index (χ2n) is 5.27.